The highest BCUT2D eigenvalue weighted by atomic mass is 35.5. The van der Waals surface area contributed by atoms with Gasteiger partial charge >= 0.3 is 0 Å². The standard InChI is InChI=1S/C31H32ClN3O3/c1-21(2)24-6-10-26(11-7-24)35(20-22-3-8-25(32)9-4-22)31(37)28-18-33-29-12-5-23(17-27(29)30(28)36)19-34-13-15-38-16-14-34/h3-12,17-18,21H,13-16,19-20H2,1-2H3,(H,33,36). The van der Waals surface area contributed by atoms with Crippen molar-refractivity contribution in [1.29, 1.82) is 0 Å². The number of carbonyl (C=O) groups excluding carboxylic acids is 1. The van der Waals surface area contributed by atoms with Crippen LogP contribution in [-0.2, 0) is 17.8 Å². The summed E-state index contributed by atoms with van der Waals surface area (Å²) in [6, 6.07) is 21.2. The summed E-state index contributed by atoms with van der Waals surface area (Å²) >= 11 is 6.09. The van der Waals surface area contributed by atoms with Gasteiger partial charge in [-0.05, 0) is 59.0 Å². The number of carbonyl (C=O) groups is 1. The lowest BCUT2D eigenvalue weighted by Gasteiger charge is -2.26. The number of rotatable bonds is 7. The van der Waals surface area contributed by atoms with Crippen molar-refractivity contribution < 1.29 is 9.53 Å². The number of anilines is 1. The number of ether oxygens (including phenoxy) is 1. The molecule has 5 rings (SSSR count). The Kier molecular flexibility index (Phi) is 7.93. The molecular weight excluding hydrogens is 498 g/mol. The Morgan fingerprint density at radius 2 is 1.68 bits per heavy atom. The van der Waals surface area contributed by atoms with Crippen molar-refractivity contribution in [3.05, 3.63) is 110 Å². The average Bonchev–Trinajstić information content (AvgIpc) is 2.93. The van der Waals surface area contributed by atoms with Crippen LogP contribution >= 0.6 is 11.6 Å². The van der Waals surface area contributed by atoms with Crippen molar-refractivity contribution in [1.82, 2.24) is 9.88 Å². The van der Waals surface area contributed by atoms with Gasteiger partial charge in [-0.15, -0.1) is 0 Å². The predicted molar refractivity (Wildman–Crippen MR) is 153 cm³/mol. The predicted octanol–water partition coefficient (Wildman–Crippen LogP) is 5.98. The Balaban J connectivity index is 1.50. The number of amides is 1. The van der Waals surface area contributed by atoms with Gasteiger partial charge in [-0.1, -0.05) is 55.8 Å². The Hall–Kier alpha value is -3.45. The fourth-order valence-electron chi connectivity index (χ4n) is 4.78. The molecule has 1 aliphatic heterocycles. The van der Waals surface area contributed by atoms with Gasteiger partial charge in [0.05, 0.1) is 19.8 Å². The topological polar surface area (TPSA) is 65.6 Å². The number of halogens is 1. The maximum Gasteiger partial charge on any atom is 0.264 e. The number of nitrogens with one attached hydrogen (secondary N) is 1. The molecular formula is C31H32ClN3O3. The third kappa shape index (κ3) is 5.83. The number of aromatic nitrogens is 1. The molecule has 4 aromatic rings. The molecule has 0 unspecified atom stereocenters. The van der Waals surface area contributed by atoms with Crippen LogP contribution < -0.4 is 10.3 Å². The first-order valence-corrected chi connectivity index (χ1v) is 13.4. The van der Waals surface area contributed by atoms with Crippen LogP contribution in [0.2, 0.25) is 5.02 Å². The van der Waals surface area contributed by atoms with Gasteiger partial charge in [0, 0.05) is 47.4 Å². The van der Waals surface area contributed by atoms with Crippen molar-refractivity contribution in [3.63, 3.8) is 0 Å². The summed E-state index contributed by atoms with van der Waals surface area (Å²) in [5, 5.41) is 1.15. The molecule has 1 saturated heterocycles. The van der Waals surface area contributed by atoms with Crippen molar-refractivity contribution >= 4 is 34.1 Å². The van der Waals surface area contributed by atoms with Crippen LogP contribution in [0.25, 0.3) is 10.9 Å². The minimum Gasteiger partial charge on any atom is -0.379 e. The van der Waals surface area contributed by atoms with Crippen molar-refractivity contribution in [3.8, 4) is 0 Å². The van der Waals surface area contributed by atoms with Crippen LogP contribution in [0.4, 0.5) is 5.69 Å². The Bertz CT molecular complexity index is 1470. The number of benzene rings is 3. The average molecular weight is 530 g/mol. The molecule has 6 nitrogen and oxygen atoms in total. The number of hydrogen-bond donors (Lipinski definition) is 1. The van der Waals surface area contributed by atoms with Crippen molar-refractivity contribution in [2.75, 3.05) is 31.2 Å². The van der Waals surface area contributed by atoms with E-state index in [1.54, 1.807) is 17.0 Å². The summed E-state index contributed by atoms with van der Waals surface area (Å²) in [5.74, 6) is 0.0263. The summed E-state index contributed by atoms with van der Waals surface area (Å²) in [7, 11) is 0. The van der Waals surface area contributed by atoms with E-state index in [0.717, 1.165) is 36.4 Å². The zero-order valence-electron chi connectivity index (χ0n) is 21.7. The first kappa shape index (κ1) is 26.2. The van der Waals surface area contributed by atoms with Crippen molar-refractivity contribution in [2.24, 2.45) is 0 Å². The number of morpholine rings is 1. The first-order chi connectivity index (χ1) is 18.4. The van der Waals surface area contributed by atoms with Crippen LogP contribution in [0.1, 0.15) is 46.8 Å². The second kappa shape index (κ2) is 11.5. The Morgan fingerprint density at radius 1 is 1.00 bits per heavy atom. The molecule has 3 aromatic carbocycles. The minimum atomic E-state index is -0.348. The summed E-state index contributed by atoms with van der Waals surface area (Å²) in [5.41, 5.74) is 4.43. The number of fused-ring (bicyclic) bond motifs is 1. The zero-order chi connectivity index (χ0) is 26.6. The molecule has 0 spiro atoms. The SMILES string of the molecule is CC(C)c1ccc(N(Cc2ccc(Cl)cc2)C(=O)c2c[nH]c3ccc(CN4CCOCC4)cc3c2=O)cc1. The van der Waals surface area contributed by atoms with E-state index in [4.69, 9.17) is 16.3 Å². The second-order valence-electron chi connectivity index (χ2n) is 10.1. The zero-order valence-corrected chi connectivity index (χ0v) is 22.5. The van der Waals surface area contributed by atoms with Crippen LogP contribution in [0.15, 0.2) is 77.7 Å². The van der Waals surface area contributed by atoms with Gasteiger partial charge in [-0.25, -0.2) is 0 Å². The summed E-state index contributed by atoms with van der Waals surface area (Å²) in [6.07, 6.45) is 1.53. The van der Waals surface area contributed by atoms with Gasteiger partial charge in [-0.3, -0.25) is 14.5 Å². The maximum atomic E-state index is 14.0. The van der Waals surface area contributed by atoms with E-state index in [0.29, 0.717) is 41.6 Å². The van der Waals surface area contributed by atoms with E-state index in [-0.39, 0.29) is 16.9 Å². The highest BCUT2D eigenvalue weighted by Crippen LogP contribution is 2.24. The maximum absolute atomic E-state index is 14.0. The molecule has 0 aliphatic carbocycles. The molecule has 1 fully saturated rings. The third-order valence-corrected chi connectivity index (χ3v) is 7.31. The molecule has 0 saturated carbocycles. The van der Waals surface area contributed by atoms with E-state index in [1.807, 2.05) is 54.6 Å². The molecule has 0 radical (unpaired) electrons. The fourth-order valence-corrected chi connectivity index (χ4v) is 4.90. The molecule has 0 bridgehead atoms. The largest absolute Gasteiger partial charge is 0.379 e. The van der Waals surface area contributed by atoms with Gasteiger partial charge in [0.2, 0.25) is 5.43 Å². The van der Waals surface area contributed by atoms with Gasteiger partial charge in [-0.2, -0.15) is 0 Å². The van der Waals surface area contributed by atoms with Crippen molar-refractivity contribution in [2.45, 2.75) is 32.9 Å². The normalized spacial score (nSPS) is 14.2. The van der Waals surface area contributed by atoms with Gasteiger partial charge in [0.1, 0.15) is 5.56 Å². The van der Waals surface area contributed by atoms with E-state index in [1.165, 1.54) is 11.8 Å². The molecule has 7 heteroatoms. The molecule has 1 amide bonds. The summed E-state index contributed by atoms with van der Waals surface area (Å²) in [4.78, 5) is 34.8. The van der Waals surface area contributed by atoms with Gasteiger partial charge < -0.3 is 14.6 Å². The molecule has 1 aliphatic rings. The van der Waals surface area contributed by atoms with Crippen LogP contribution in [0.5, 0.6) is 0 Å². The Morgan fingerprint density at radius 3 is 2.37 bits per heavy atom. The monoisotopic (exact) mass is 529 g/mol. The number of aromatic amines is 1. The quantitative estimate of drug-likeness (QED) is 0.319. The number of nitrogens with zero attached hydrogens (tertiary/aromatic N) is 2. The van der Waals surface area contributed by atoms with Gasteiger partial charge in [0.25, 0.3) is 5.91 Å². The molecule has 196 valence electrons. The van der Waals surface area contributed by atoms with Crippen LogP contribution in [0.3, 0.4) is 0 Å². The second-order valence-corrected chi connectivity index (χ2v) is 10.5. The van der Waals surface area contributed by atoms with E-state index in [9.17, 15) is 9.59 Å². The molecule has 2 heterocycles. The lowest BCUT2D eigenvalue weighted by molar-refractivity contribution is 0.0342. The highest BCUT2D eigenvalue weighted by molar-refractivity contribution is 6.30. The third-order valence-electron chi connectivity index (χ3n) is 7.06. The van der Waals surface area contributed by atoms with Crippen LogP contribution in [0, 0.1) is 0 Å². The number of hydrogen-bond acceptors (Lipinski definition) is 4. The lowest BCUT2D eigenvalue weighted by Crippen LogP contribution is -2.35. The Labute approximate surface area is 227 Å². The summed E-state index contributed by atoms with van der Waals surface area (Å²) in [6.45, 7) is 8.47. The minimum absolute atomic E-state index is 0.114. The van der Waals surface area contributed by atoms with E-state index < -0.39 is 0 Å². The highest BCUT2D eigenvalue weighted by Gasteiger charge is 2.23. The smallest absolute Gasteiger partial charge is 0.264 e. The molecule has 1 N–H and O–H groups in total. The van der Waals surface area contributed by atoms with E-state index >= 15 is 0 Å². The van der Waals surface area contributed by atoms with Gasteiger partial charge in [0.15, 0.2) is 0 Å². The van der Waals surface area contributed by atoms with Crippen LogP contribution in [-0.4, -0.2) is 42.1 Å². The first-order valence-electron chi connectivity index (χ1n) is 13.0. The molecule has 38 heavy (non-hydrogen) atoms. The number of pyridine rings is 1. The molecule has 0 atom stereocenters. The fraction of sp³-hybridized carbons (Fsp3) is 0.290. The lowest BCUT2D eigenvalue weighted by atomic mass is 10.0. The molecule has 1 aromatic heterocycles. The number of H-pyrrole nitrogens is 1. The van der Waals surface area contributed by atoms with E-state index in [2.05, 4.69) is 23.7 Å². The summed E-state index contributed by atoms with van der Waals surface area (Å²) < 4.78 is 5.45.